The van der Waals surface area contributed by atoms with Crippen molar-refractivity contribution in [2.75, 3.05) is 26.7 Å². The van der Waals surface area contributed by atoms with Crippen LogP contribution in [-0.4, -0.2) is 55.0 Å². The van der Waals surface area contributed by atoms with Crippen molar-refractivity contribution in [3.05, 3.63) is 47.3 Å². The lowest BCUT2D eigenvalue weighted by molar-refractivity contribution is 0.0600. The number of aryl methyl sites for hydroxylation is 1. The van der Waals surface area contributed by atoms with Crippen LogP contribution in [0.1, 0.15) is 27.8 Å². The number of nitrogens with zero attached hydrogens (tertiary/aromatic N) is 3. The van der Waals surface area contributed by atoms with Gasteiger partial charge in [-0.25, -0.2) is 22.6 Å². The summed E-state index contributed by atoms with van der Waals surface area (Å²) in [5, 5.41) is 3.16. The molecular formula is C17H21FN4O4S. The molecule has 1 unspecified atom stereocenters. The monoisotopic (exact) mass is 396 g/mol. The number of methoxy groups -OCH3 is 1. The minimum absolute atomic E-state index is 0.0419. The number of carbonyl (C=O) groups excluding carboxylic acids is 1. The van der Waals surface area contributed by atoms with E-state index >= 15 is 0 Å². The Morgan fingerprint density at radius 3 is 2.78 bits per heavy atom. The van der Waals surface area contributed by atoms with Gasteiger partial charge in [0.1, 0.15) is 11.6 Å². The molecule has 1 fully saturated rings. The van der Waals surface area contributed by atoms with Crippen molar-refractivity contribution in [1.29, 1.82) is 0 Å². The summed E-state index contributed by atoms with van der Waals surface area (Å²) in [6.45, 7) is 2.41. The second kappa shape index (κ2) is 7.37. The van der Waals surface area contributed by atoms with Crippen molar-refractivity contribution in [2.45, 2.75) is 17.9 Å². The first-order valence-electron chi connectivity index (χ1n) is 8.35. The number of nitrogens with one attached hydrogen (secondary N) is 1. The van der Waals surface area contributed by atoms with Gasteiger partial charge < -0.3 is 14.6 Å². The molecule has 0 amide bonds. The number of benzene rings is 1. The van der Waals surface area contributed by atoms with Crippen LogP contribution in [0.5, 0.6) is 0 Å². The summed E-state index contributed by atoms with van der Waals surface area (Å²) in [5.41, 5.74) is -0.192. The van der Waals surface area contributed by atoms with Crippen molar-refractivity contribution < 1.29 is 22.3 Å². The predicted molar refractivity (Wildman–Crippen MR) is 95.2 cm³/mol. The molecule has 8 nitrogen and oxygen atoms in total. The first kappa shape index (κ1) is 19.5. The van der Waals surface area contributed by atoms with E-state index in [1.54, 1.807) is 24.0 Å². The van der Waals surface area contributed by atoms with Gasteiger partial charge in [0.05, 0.1) is 23.6 Å². The number of halogens is 1. The summed E-state index contributed by atoms with van der Waals surface area (Å²) in [6.07, 6.45) is 3.33. The Balaban J connectivity index is 2.11. The molecule has 1 atom stereocenters. The van der Waals surface area contributed by atoms with Gasteiger partial charge in [-0.2, -0.15) is 4.31 Å². The average Bonchev–Trinajstić information content (AvgIpc) is 3.08. The van der Waals surface area contributed by atoms with Gasteiger partial charge in [0.25, 0.3) is 0 Å². The molecule has 1 aliphatic rings. The molecule has 27 heavy (non-hydrogen) atoms. The normalized spacial score (nSPS) is 18.4. The summed E-state index contributed by atoms with van der Waals surface area (Å²) < 4.78 is 48.8. The summed E-state index contributed by atoms with van der Waals surface area (Å²) >= 11 is 0. The molecule has 1 N–H and O–H groups in total. The van der Waals surface area contributed by atoms with E-state index in [0.717, 1.165) is 19.2 Å². The summed E-state index contributed by atoms with van der Waals surface area (Å²) in [6, 6.07) is 1.60. The van der Waals surface area contributed by atoms with Crippen LogP contribution in [0.25, 0.3) is 0 Å². The third-order valence-corrected chi connectivity index (χ3v) is 6.69. The maximum Gasteiger partial charge on any atom is 0.337 e. The first-order chi connectivity index (χ1) is 12.8. The van der Waals surface area contributed by atoms with Crippen LogP contribution in [0.3, 0.4) is 0 Å². The first-order valence-corrected chi connectivity index (χ1v) is 9.79. The van der Waals surface area contributed by atoms with E-state index in [0.29, 0.717) is 18.9 Å². The van der Waals surface area contributed by atoms with E-state index < -0.39 is 27.9 Å². The van der Waals surface area contributed by atoms with Gasteiger partial charge >= 0.3 is 5.97 Å². The maximum atomic E-state index is 14.3. The Labute approximate surface area is 157 Å². The van der Waals surface area contributed by atoms with Gasteiger partial charge in [0.2, 0.25) is 10.0 Å². The molecule has 0 aliphatic carbocycles. The zero-order valence-electron chi connectivity index (χ0n) is 15.3. The molecule has 3 rings (SSSR count). The number of carbonyl (C=O) groups is 1. The van der Waals surface area contributed by atoms with Crippen molar-refractivity contribution in [3.63, 3.8) is 0 Å². The molecule has 1 aromatic carbocycles. The second-order valence-corrected chi connectivity index (χ2v) is 8.16. The predicted octanol–water partition coefficient (Wildman–Crippen LogP) is 0.989. The van der Waals surface area contributed by atoms with E-state index in [1.807, 2.05) is 0 Å². The lowest BCUT2D eigenvalue weighted by atomic mass is 10.1. The molecule has 10 heteroatoms. The molecule has 1 saturated heterocycles. The van der Waals surface area contributed by atoms with Crippen molar-refractivity contribution in [1.82, 2.24) is 19.2 Å². The smallest absolute Gasteiger partial charge is 0.337 e. The third-order valence-electron chi connectivity index (χ3n) is 4.66. The Morgan fingerprint density at radius 1 is 1.41 bits per heavy atom. The number of ether oxygens (including phenoxy) is 1. The highest BCUT2D eigenvalue weighted by molar-refractivity contribution is 7.89. The molecule has 1 aliphatic heterocycles. The van der Waals surface area contributed by atoms with Gasteiger partial charge in [-0.3, -0.25) is 0 Å². The number of aromatic nitrogens is 2. The standard InChI is InChI=1S/C17H21FN4O4S/c1-11-13(18)8-12(17(23)26-3)9-15(11)27(24,25)22-7-4-19-10-14(22)16-20-5-6-21(16)2/h5-6,8-9,14,19H,4,7,10H2,1-3H3. The number of esters is 1. The molecule has 2 heterocycles. The lowest BCUT2D eigenvalue weighted by Crippen LogP contribution is -2.49. The molecule has 0 saturated carbocycles. The maximum absolute atomic E-state index is 14.3. The molecule has 2 aromatic rings. The zero-order chi connectivity index (χ0) is 19.8. The molecule has 0 radical (unpaired) electrons. The highest BCUT2D eigenvalue weighted by atomic mass is 32.2. The Morgan fingerprint density at radius 2 is 2.15 bits per heavy atom. The zero-order valence-corrected chi connectivity index (χ0v) is 16.1. The number of rotatable bonds is 4. The molecular weight excluding hydrogens is 375 g/mol. The Hall–Kier alpha value is -2.30. The van der Waals surface area contributed by atoms with Crippen LogP contribution in [0.2, 0.25) is 0 Å². The Kier molecular flexibility index (Phi) is 5.31. The molecule has 1 aromatic heterocycles. The van der Waals surface area contributed by atoms with Gasteiger partial charge in [0.15, 0.2) is 0 Å². The fourth-order valence-corrected chi connectivity index (χ4v) is 5.02. The van der Waals surface area contributed by atoms with E-state index in [1.165, 1.54) is 11.2 Å². The largest absolute Gasteiger partial charge is 0.465 e. The van der Waals surface area contributed by atoms with E-state index in [-0.39, 0.29) is 22.6 Å². The fraction of sp³-hybridized carbons (Fsp3) is 0.412. The SMILES string of the molecule is COC(=O)c1cc(F)c(C)c(S(=O)(=O)N2CCNCC2c2nccn2C)c1. The van der Waals surface area contributed by atoms with Crippen molar-refractivity contribution >= 4 is 16.0 Å². The minimum atomic E-state index is -4.08. The van der Waals surface area contributed by atoms with Crippen LogP contribution in [-0.2, 0) is 21.8 Å². The molecule has 0 spiro atoms. The highest BCUT2D eigenvalue weighted by Crippen LogP contribution is 2.31. The van der Waals surface area contributed by atoms with Crippen LogP contribution in [0.15, 0.2) is 29.4 Å². The van der Waals surface area contributed by atoms with Gasteiger partial charge in [0, 0.05) is 44.6 Å². The van der Waals surface area contributed by atoms with E-state index in [4.69, 9.17) is 0 Å². The van der Waals surface area contributed by atoms with E-state index in [2.05, 4.69) is 15.0 Å². The van der Waals surface area contributed by atoms with E-state index in [9.17, 15) is 17.6 Å². The van der Waals surface area contributed by atoms with Crippen molar-refractivity contribution in [3.8, 4) is 0 Å². The number of piperazine rings is 1. The fourth-order valence-electron chi connectivity index (χ4n) is 3.18. The molecule has 146 valence electrons. The number of imidazole rings is 1. The Bertz CT molecular complexity index is 973. The topological polar surface area (TPSA) is 93.5 Å². The van der Waals surface area contributed by atoms with Crippen LogP contribution >= 0.6 is 0 Å². The van der Waals surface area contributed by atoms with Gasteiger partial charge in [-0.1, -0.05) is 0 Å². The minimum Gasteiger partial charge on any atom is -0.465 e. The van der Waals surface area contributed by atoms with Gasteiger partial charge in [-0.15, -0.1) is 0 Å². The summed E-state index contributed by atoms with van der Waals surface area (Å²) in [4.78, 5) is 15.8. The number of hydrogen-bond donors (Lipinski definition) is 1. The molecule has 0 bridgehead atoms. The average molecular weight is 396 g/mol. The third kappa shape index (κ3) is 3.47. The summed E-state index contributed by atoms with van der Waals surface area (Å²) in [5.74, 6) is -1.00. The van der Waals surface area contributed by atoms with Crippen LogP contribution < -0.4 is 5.32 Å². The number of sulfonamides is 1. The van der Waals surface area contributed by atoms with Crippen molar-refractivity contribution in [2.24, 2.45) is 7.05 Å². The number of hydrogen-bond acceptors (Lipinski definition) is 6. The highest BCUT2D eigenvalue weighted by Gasteiger charge is 2.38. The van der Waals surface area contributed by atoms with Crippen LogP contribution in [0, 0.1) is 12.7 Å². The quantitative estimate of drug-likeness (QED) is 0.775. The van der Waals surface area contributed by atoms with Gasteiger partial charge in [-0.05, 0) is 19.1 Å². The summed E-state index contributed by atoms with van der Waals surface area (Å²) in [7, 11) is -1.14. The van der Waals surface area contributed by atoms with Crippen LogP contribution in [0.4, 0.5) is 4.39 Å². The lowest BCUT2D eigenvalue weighted by Gasteiger charge is -2.35. The second-order valence-electron chi connectivity index (χ2n) is 6.30.